The summed E-state index contributed by atoms with van der Waals surface area (Å²) in [5.41, 5.74) is 1.01. The maximum absolute atomic E-state index is 12.1. The van der Waals surface area contributed by atoms with Gasteiger partial charge >= 0.3 is 0 Å². The molecule has 0 spiro atoms. The molecule has 0 saturated carbocycles. The Kier molecular flexibility index (Phi) is 5.14. The minimum Gasteiger partial charge on any atom is -0.345 e. The second kappa shape index (κ2) is 6.85. The van der Waals surface area contributed by atoms with Gasteiger partial charge in [-0.3, -0.25) is 9.69 Å². The molecule has 0 aromatic carbocycles. The van der Waals surface area contributed by atoms with Crippen LogP contribution in [0.15, 0.2) is 6.20 Å². The van der Waals surface area contributed by atoms with Crippen LogP contribution in [0.25, 0.3) is 0 Å². The molecule has 1 aromatic heterocycles. The van der Waals surface area contributed by atoms with Crippen LogP contribution >= 0.6 is 0 Å². The lowest BCUT2D eigenvalue weighted by molar-refractivity contribution is -0.122. The highest BCUT2D eigenvalue weighted by Gasteiger charge is 2.17. The zero-order chi connectivity index (χ0) is 14.5. The van der Waals surface area contributed by atoms with Gasteiger partial charge in [-0.25, -0.2) is 4.98 Å². The van der Waals surface area contributed by atoms with E-state index in [2.05, 4.69) is 32.1 Å². The van der Waals surface area contributed by atoms with Gasteiger partial charge in [-0.2, -0.15) is 0 Å². The van der Waals surface area contributed by atoms with Gasteiger partial charge in [0, 0.05) is 25.0 Å². The van der Waals surface area contributed by atoms with Crippen molar-refractivity contribution < 1.29 is 4.79 Å². The molecule has 6 nitrogen and oxygen atoms in total. The Hall–Kier alpha value is -1.40. The van der Waals surface area contributed by atoms with E-state index in [0.717, 1.165) is 44.1 Å². The molecule has 6 heteroatoms. The van der Waals surface area contributed by atoms with Crippen molar-refractivity contribution in [3.8, 4) is 0 Å². The molecule has 1 aliphatic heterocycles. The number of hydrogen-bond donors (Lipinski definition) is 2. The van der Waals surface area contributed by atoms with Crippen LogP contribution in [0.2, 0.25) is 0 Å². The lowest BCUT2D eigenvalue weighted by Crippen LogP contribution is -2.40. The van der Waals surface area contributed by atoms with Crippen LogP contribution in [0.3, 0.4) is 0 Å². The minimum absolute atomic E-state index is 0.0658. The second-order valence-electron chi connectivity index (χ2n) is 5.67. The molecule has 0 aliphatic carbocycles. The van der Waals surface area contributed by atoms with Gasteiger partial charge in [0.05, 0.1) is 12.6 Å². The standard InChI is InChI=1S/C14H25N5O/c1-11-9-15-14(16-11)12(2)17-13(20)10-19-6-4-5-18(3)7-8-19/h9,12H,4-8,10H2,1-3H3,(H,15,16)(H,17,20). The third-order valence-corrected chi connectivity index (χ3v) is 3.69. The predicted molar refractivity (Wildman–Crippen MR) is 78.4 cm³/mol. The lowest BCUT2D eigenvalue weighted by Gasteiger charge is -2.20. The third-order valence-electron chi connectivity index (χ3n) is 3.69. The van der Waals surface area contributed by atoms with Crippen LogP contribution < -0.4 is 5.32 Å². The third kappa shape index (κ3) is 4.31. The molecule has 0 bridgehead atoms. The summed E-state index contributed by atoms with van der Waals surface area (Å²) in [6.07, 6.45) is 2.90. The van der Waals surface area contributed by atoms with Crippen molar-refractivity contribution in [3.63, 3.8) is 0 Å². The zero-order valence-corrected chi connectivity index (χ0v) is 12.6. The average Bonchev–Trinajstić information content (AvgIpc) is 2.72. The summed E-state index contributed by atoms with van der Waals surface area (Å²) in [4.78, 5) is 24.0. The van der Waals surface area contributed by atoms with E-state index in [9.17, 15) is 4.79 Å². The summed E-state index contributed by atoms with van der Waals surface area (Å²) in [7, 11) is 2.13. The first-order valence-corrected chi connectivity index (χ1v) is 7.26. The Morgan fingerprint density at radius 1 is 1.45 bits per heavy atom. The van der Waals surface area contributed by atoms with Crippen LogP contribution in [0.1, 0.15) is 30.9 Å². The molecular formula is C14H25N5O. The number of amides is 1. The maximum Gasteiger partial charge on any atom is 0.234 e. The van der Waals surface area contributed by atoms with Gasteiger partial charge in [0.15, 0.2) is 0 Å². The Morgan fingerprint density at radius 3 is 2.95 bits per heavy atom. The SMILES string of the molecule is Cc1cnc(C(C)NC(=O)CN2CCCN(C)CC2)[nH]1. The second-order valence-corrected chi connectivity index (χ2v) is 5.67. The normalized spacial score (nSPS) is 19.6. The number of rotatable bonds is 4. The van der Waals surface area contributed by atoms with Gasteiger partial charge in [-0.05, 0) is 40.4 Å². The summed E-state index contributed by atoms with van der Waals surface area (Å²) in [6, 6.07) is -0.0779. The summed E-state index contributed by atoms with van der Waals surface area (Å²) in [5, 5.41) is 3.00. The molecule has 0 radical (unpaired) electrons. The van der Waals surface area contributed by atoms with Gasteiger partial charge in [-0.1, -0.05) is 0 Å². The number of aryl methyl sites for hydroxylation is 1. The number of aromatic nitrogens is 2. The fourth-order valence-corrected chi connectivity index (χ4v) is 2.47. The Labute approximate surface area is 120 Å². The molecule has 1 atom stereocenters. The number of carbonyl (C=O) groups is 1. The summed E-state index contributed by atoms with van der Waals surface area (Å²) in [5.74, 6) is 0.877. The van der Waals surface area contributed by atoms with E-state index in [1.807, 2.05) is 13.8 Å². The number of H-pyrrole nitrogens is 1. The molecule has 1 fully saturated rings. The molecular weight excluding hydrogens is 254 g/mol. The van der Waals surface area contributed by atoms with Crippen LogP contribution in [0.4, 0.5) is 0 Å². The molecule has 112 valence electrons. The van der Waals surface area contributed by atoms with Crippen molar-refractivity contribution in [1.29, 1.82) is 0 Å². The zero-order valence-electron chi connectivity index (χ0n) is 12.6. The molecule has 2 rings (SSSR count). The molecule has 2 N–H and O–H groups in total. The van der Waals surface area contributed by atoms with Crippen molar-refractivity contribution in [2.75, 3.05) is 39.8 Å². The van der Waals surface area contributed by atoms with E-state index in [1.54, 1.807) is 6.20 Å². The molecule has 1 unspecified atom stereocenters. The van der Waals surface area contributed by atoms with Gasteiger partial charge in [0.25, 0.3) is 0 Å². The van der Waals surface area contributed by atoms with E-state index in [0.29, 0.717) is 6.54 Å². The smallest absolute Gasteiger partial charge is 0.234 e. The van der Waals surface area contributed by atoms with Crippen molar-refractivity contribution in [2.24, 2.45) is 0 Å². The summed E-state index contributed by atoms with van der Waals surface area (Å²) >= 11 is 0. The van der Waals surface area contributed by atoms with Crippen molar-refractivity contribution >= 4 is 5.91 Å². The number of likely N-dealkylation sites (N-methyl/N-ethyl adjacent to an activating group) is 1. The van der Waals surface area contributed by atoms with E-state index < -0.39 is 0 Å². The minimum atomic E-state index is -0.0779. The Morgan fingerprint density at radius 2 is 2.25 bits per heavy atom. The lowest BCUT2D eigenvalue weighted by atomic mass is 10.3. The number of aromatic amines is 1. The molecule has 20 heavy (non-hydrogen) atoms. The van der Waals surface area contributed by atoms with Crippen LogP contribution in [-0.4, -0.2) is 65.4 Å². The van der Waals surface area contributed by atoms with Gasteiger partial charge < -0.3 is 15.2 Å². The molecule has 2 heterocycles. The van der Waals surface area contributed by atoms with E-state index >= 15 is 0 Å². The fourth-order valence-electron chi connectivity index (χ4n) is 2.47. The first-order valence-electron chi connectivity index (χ1n) is 7.26. The number of carbonyl (C=O) groups excluding carboxylic acids is 1. The molecule has 1 amide bonds. The number of nitrogens with one attached hydrogen (secondary N) is 2. The van der Waals surface area contributed by atoms with Crippen LogP contribution in [0, 0.1) is 6.92 Å². The highest BCUT2D eigenvalue weighted by molar-refractivity contribution is 5.78. The largest absolute Gasteiger partial charge is 0.345 e. The van der Waals surface area contributed by atoms with Crippen LogP contribution in [0.5, 0.6) is 0 Å². The molecule has 1 aromatic rings. The summed E-state index contributed by atoms with van der Waals surface area (Å²) in [6.45, 7) is 8.47. The number of nitrogens with zero attached hydrogens (tertiary/aromatic N) is 3. The Bertz CT molecular complexity index is 445. The van der Waals surface area contributed by atoms with Gasteiger partial charge in [-0.15, -0.1) is 0 Å². The van der Waals surface area contributed by atoms with Gasteiger partial charge in [0.2, 0.25) is 5.91 Å². The first kappa shape index (κ1) is 15.0. The highest BCUT2D eigenvalue weighted by atomic mass is 16.2. The quantitative estimate of drug-likeness (QED) is 0.844. The fraction of sp³-hybridized carbons (Fsp3) is 0.714. The Balaban J connectivity index is 1.80. The number of imidazole rings is 1. The van der Waals surface area contributed by atoms with E-state index in [1.165, 1.54) is 0 Å². The van der Waals surface area contributed by atoms with Gasteiger partial charge in [0.1, 0.15) is 5.82 Å². The van der Waals surface area contributed by atoms with E-state index in [4.69, 9.17) is 0 Å². The van der Waals surface area contributed by atoms with Crippen molar-refractivity contribution in [1.82, 2.24) is 25.1 Å². The van der Waals surface area contributed by atoms with Crippen LogP contribution in [-0.2, 0) is 4.79 Å². The molecule has 1 aliphatic rings. The first-order chi connectivity index (χ1) is 9.54. The topological polar surface area (TPSA) is 64.3 Å². The molecule has 1 saturated heterocycles. The van der Waals surface area contributed by atoms with Crippen molar-refractivity contribution in [3.05, 3.63) is 17.7 Å². The predicted octanol–water partition coefficient (Wildman–Crippen LogP) is 0.533. The number of hydrogen-bond acceptors (Lipinski definition) is 4. The average molecular weight is 279 g/mol. The maximum atomic E-state index is 12.1. The highest BCUT2D eigenvalue weighted by Crippen LogP contribution is 2.08. The van der Waals surface area contributed by atoms with E-state index in [-0.39, 0.29) is 11.9 Å². The summed E-state index contributed by atoms with van der Waals surface area (Å²) < 4.78 is 0. The van der Waals surface area contributed by atoms with Crippen molar-refractivity contribution in [2.45, 2.75) is 26.3 Å². The monoisotopic (exact) mass is 279 g/mol.